The second-order valence-corrected chi connectivity index (χ2v) is 5.53. The van der Waals surface area contributed by atoms with Crippen LogP contribution in [0.3, 0.4) is 0 Å². The molecule has 0 aliphatic rings. The Morgan fingerprint density at radius 3 is 1.41 bits per heavy atom. The van der Waals surface area contributed by atoms with Crippen molar-refractivity contribution < 1.29 is 0 Å². The Balaban J connectivity index is 0.00000121. The van der Waals surface area contributed by atoms with Gasteiger partial charge in [-0.2, -0.15) is 0 Å². The van der Waals surface area contributed by atoms with Gasteiger partial charge in [0.1, 0.15) is 0 Å². The van der Waals surface area contributed by atoms with E-state index in [0.717, 1.165) is 11.0 Å². The maximum Gasteiger partial charge on any atom is 0.0730 e. The van der Waals surface area contributed by atoms with E-state index in [1.807, 2.05) is 28.2 Å². The summed E-state index contributed by atoms with van der Waals surface area (Å²) in [6.45, 7) is 0. The molecule has 0 unspecified atom stereocenters. The smallest absolute Gasteiger partial charge is 0.0730 e. The van der Waals surface area contributed by atoms with E-state index >= 15 is 0 Å². The summed E-state index contributed by atoms with van der Waals surface area (Å²) < 4.78 is 0. The molecule has 3 aromatic rings. The van der Waals surface area contributed by atoms with Gasteiger partial charge in [-0.05, 0) is 30.3 Å². The number of rotatable bonds is 2. The molecule has 2 aromatic carbocycles. The predicted octanol–water partition coefficient (Wildman–Crippen LogP) is 4.36. The molecule has 0 radical (unpaired) electrons. The molecule has 3 rings (SSSR count). The first-order chi connectivity index (χ1) is 9.54. The third-order valence-corrected chi connectivity index (χ3v) is 3.61. The van der Waals surface area contributed by atoms with Crippen LogP contribution in [0.1, 0.15) is 0 Å². The highest BCUT2D eigenvalue weighted by Gasteiger charge is 2.04. The van der Waals surface area contributed by atoms with Gasteiger partial charge in [0.05, 0.1) is 11.0 Å². The number of benzene rings is 2. The molecule has 118 valence electrons. The standard InChI is InChI=1S/C17H19N3.2ClH/c1-19(2)14-7-5-12-9-13-6-8-15(20(3)4)11-17(13)18-16(12)10-14;;/h5-11H,1-4H3;2*1H. The zero-order chi connectivity index (χ0) is 14.3. The lowest BCUT2D eigenvalue weighted by molar-refractivity contribution is 1.13. The van der Waals surface area contributed by atoms with Gasteiger partial charge in [0.15, 0.2) is 0 Å². The lowest BCUT2D eigenvalue weighted by Crippen LogP contribution is -2.08. The number of pyridine rings is 1. The summed E-state index contributed by atoms with van der Waals surface area (Å²) in [4.78, 5) is 9.01. The van der Waals surface area contributed by atoms with E-state index < -0.39 is 0 Å². The van der Waals surface area contributed by atoms with Crippen LogP contribution in [-0.4, -0.2) is 33.2 Å². The number of fused-ring (bicyclic) bond motifs is 2. The molecule has 0 saturated heterocycles. The van der Waals surface area contributed by atoms with Gasteiger partial charge in [-0.3, -0.25) is 0 Å². The SMILES string of the molecule is CN(C)c1ccc2cc3ccc(N(C)C)cc3nc2c1.Cl.Cl. The molecule has 3 nitrogen and oxygen atoms in total. The Morgan fingerprint density at radius 2 is 1.05 bits per heavy atom. The topological polar surface area (TPSA) is 19.4 Å². The van der Waals surface area contributed by atoms with Crippen LogP contribution < -0.4 is 9.80 Å². The molecule has 0 bridgehead atoms. The highest BCUT2D eigenvalue weighted by molar-refractivity contribution is 5.95. The Morgan fingerprint density at radius 1 is 0.636 bits per heavy atom. The molecule has 1 aromatic heterocycles. The van der Waals surface area contributed by atoms with Crippen molar-refractivity contribution in [1.82, 2.24) is 4.98 Å². The summed E-state index contributed by atoms with van der Waals surface area (Å²) >= 11 is 0. The summed E-state index contributed by atoms with van der Waals surface area (Å²) in [6, 6.07) is 15.0. The van der Waals surface area contributed by atoms with Crippen LogP contribution in [0.2, 0.25) is 0 Å². The number of hydrogen-bond acceptors (Lipinski definition) is 3. The van der Waals surface area contributed by atoms with Gasteiger partial charge in [0.25, 0.3) is 0 Å². The summed E-state index contributed by atoms with van der Waals surface area (Å²) in [5.41, 5.74) is 4.43. The first-order valence-electron chi connectivity index (χ1n) is 6.74. The van der Waals surface area contributed by atoms with E-state index in [0.29, 0.717) is 0 Å². The normalized spacial score (nSPS) is 10.0. The zero-order valence-electron chi connectivity index (χ0n) is 13.2. The molecule has 0 spiro atoms. The van der Waals surface area contributed by atoms with Gasteiger partial charge in [-0.15, -0.1) is 24.8 Å². The van der Waals surface area contributed by atoms with E-state index in [-0.39, 0.29) is 24.8 Å². The van der Waals surface area contributed by atoms with Crippen LogP contribution in [0.15, 0.2) is 42.5 Å². The lowest BCUT2D eigenvalue weighted by Gasteiger charge is -2.14. The average Bonchev–Trinajstić information content (AvgIpc) is 2.43. The van der Waals surface area contributed by atoms with Crippen molar-refractivity contribution in [3.05, 3.63) is 42.5 Å². The van der Waals surface area contributed by atoms with Crippen LogP contribution in [-0.2, 0) is 0 Å². The minimum atomic E-state index is 0. The summed E-state index contributed by atoms with van der Waals surface area (Å²) in [5, 5.41) is 2.36. The monoisotopic (exact) mass is 337 g/mol. The molecule has 0 aliphatic heterocycles. The zero-order valence-corrected chi connectivity index (χ0v) is 14.8. The predicted molar refractivity (Wildman–Crippen MR) is 102 cm³/mol. The van der Waals surface area contributed by atoms with Crippen molar-refractivity contribution in [2.24, 2.45) is 0 Å². The van der Waals surface area contributed by atoms with E-state index in [9.17, 15) is 0 Å². The molecule has 5 heteroatoms. The minimum Gasteiger partial charge on any atom is -0.378 e. The Labute approximate surface area is 143 Å². The second kappa shape index (κ2) is 7.03. The Kier molecular flexibility index (Phi) is 5.86. The highest BCUT2D eigenvalue weighted by Crippen LogP contribution is 2.25. The molecular weight excluding hydrogens is 317 g/mol. The van der Waals surface area contributed by atoms with Crippen molar-refractivity contribution in [3.8, 4) is 0 Å². The van der Waals surface area contributed by atoms with Crippen LogP contribution >= 0.6 is 24.8 Å². The van der Waals surface area contributed by atoms with Crippen LogP contribution in [0, 0.1) is 0 Å². The van der Waals surface area contributed by atoms with Crippen LogP contribution in [0.4, 0.5) is 11.4 Å². The second-order valence-electron chi connectivity index (χ2n) is 5.53. The van der Waals surface area contributed by atoms with Crippen LogP contribution in [0.25, 0.3) is 21.8 Å². The minimum absolute atomic E-state index is 0. The van der Waals surface area contributed by atoms with Crippen molar-refractivity contribution in [1.29, 1.82) is 0 Å². The number of nitrogens with zero attached hydrogens (tertiary/aromatic N) is 3. The van der Waals surface area contributed by atoms with Gasteiger partial charge < -0.3 is 9.80 Å². The summed E-state index contributed by atoms with van der Waals surface area (Å²) in [6.07, 6.45) is 0. The van der Waals surface area contributed by atoms with Crippen LogP contribution in [0.5, 0.6) is 0 Å². The number of halogens is 2. The maximum absolute atomic E-state index is 4.81. The first-order valence-corrected chi connectivity index (χ1v) is 6.74. The largest absolute Gasteiger partial charge is 0.378 e. The van der Waals surface area contributed by atoms with E-state index in [2.05, 4.69) is 52.3 Å². The van der Waals surface area contributed by atoms with Gasteiger partial charge in [-0.1, -0.05) is 12.1 Å². The number of aromatic nitrogens is 1. The molecule has 0 amide bonds. The third kappa shape index (κ3) is 3.37. The quantitative estimate of drug-likeness (QED) is 0.647. The fraction of sp³-hybridized carbons (Fsp3) is 0.235. The van der Waals surface area contributed by atoms with Crippen molar-refractivity contribution in [2.45, 2.75) is 0 Å². The molecule has 0 fully saturated rings. The fourth-order valence-electron chi connectivity index (χ4n) is 2.36. The Hall–Kier alpha value is -1.71. The fourth-order valence-corrected chi connectivity index (χ4v) is 2.36. The molecule has 0 saturated carbocycles. The molecular formula is C17H21Cl2N3. The van der Waals surface area contributed by atoms with Gasteiger partial charge in [-0.25, -0.2) is 4.98 Å². The van der Waals surface area contributed by atoms with E-state index in [1.54, 1.807) is 0 Å². The van der Waals surface area contributed by atoms with E-state index in [1.165, 1.54) is 22.1 Å². The van der Waals surface area contributed by atoms with Crippen molar-refractivity contribution in [3.63, 3.8) is 0 Å². The highest BCUT2D eigenvalue weighted by atomic mass is 35.5. The van der Waals surface area contributed by atoms with Crippen molar-refractivity contribution >= 4 is 58.0 Å². The summed E-state index contributed by atoms with van der Waals surface area (Å²) in [5.74, 6) is 0. The third-order valence-electron chi connectivity index (χ3n) is 3.61. The van der Waals surface area contributed by atoms with E-state index in [4.69, 9.17) is 4.98 Å². The molecule has 0 atom stereocenters. The summed E-state index contributed by atoms with van der Waals surface area (Å²) in [7, 11) is 8.19. The molecule has 0 N–H and O–H groups in total. The molecule has 0 aliphatic carbocycles. The lowest BCUT2D eigenvalue weighted by atomic mass is 10.1. The first kappa shape index (κ1) is 18.3. The van der Waals surface area contributed by atoms with Crippen molar-refractivity contribution in [2.75, 3.05) is 38.0 Å². The van der Waals surface area contributed by atoms with Gasteiger partial charge in [0.2, 0.25) is 0 Å². The molecule has 22 heavy (non-hydrogen) atoms. The van der Waals surface area contributed by atoms with Gasteiger partial charge >= 0.3 is 0 Å². The molecule has 1 heterocycles. The van der Waals surface area contributed by atoms with Gasteiger partial charge in [0, 0.05) is 50.3 Å². The maximum atomic E-state index is 4.81. The average molecular weight is 338 g/mol. The number of anilines is 2. The Bertz CT molecular complexity index is 722. The number of hydrogen-bond donors (Lipinski definition) is 0.